The third-order valence-corrected chi connectivity index (χ3v) is 2.71. The molecular formula is C10H8BrF4NO2. The van der Waals surface area contributed by atoms with Gasteiger partial charge in [0, 0.05) is 12.2 Å². The Hall–Kier alpha value is -1.31. The van der Waals surface area contributed by atoms with Gasteiger partial charge in [0.25, 0.3) is 0 Å². The van der Waals surface area contributed by atoms with Crippen LogP contribution in [0.5, 0.6) is 0 Å². The number of hydrogen-bond donors (Lipinski definition) is 2. The van der Waals surface area contributed by atoms with E-state index in [1.165, 1.54) is 11.6 Å². The minimum Gasteiger partial charge on any atom is -0.475 e. The smallest absolute Gasteiger partial charge is 0.475 e. The van der Waals surface area contributed by atoms with Crippen molar-refractivity contribution in [3.05, 3.63) is 28.0 Å². The third kappa shape index (κ3) is 3.86. The SMILES string of the molecule is Fc1cc2c(cc1Br)CCN2.O=C(O)C(F)(F)F. The second-order valence-corrected chi connectivity index (χ2v) is 4.26. The molecule has 1 heterocycles. The molecule has 1 aromatic rings. The van der Waals surface area contributed by atoms with Gasteiger partial charge in [0.15, 0.2) is 0 Å². The number of fused-ring (bicyclic) bond motifs is 1. The second-order valence-electron chi connectivity index (χ2n) is 3.40. The highest BCUT2D eigenvalue weighted by molar-refractivity contribution is 9.10. The standard InChI is InChI=1S/C8H7BrFN.C2HF3O2/c9-6-3-5-1-2-11-8(5)4-7(6)10;3-2(4,5)1(6)7/h3-4,11H,1-2H2;(H,6,7). The molecule has 0 unspecified atom stereocenters. The summed E-state index contributed by atoms with van der Waals surface area (Å²) in [6, 6.07) is 3.37. The topological polar surface area (TPSA) is 49.3 Å². The van der Waals surface area contributed by atoms with E-state index in [2.05, 4.69) is 21.2 Å². The first-order chi connectivity index (χ1) is 8.21. The van der Waals surface area contributed by atoms with Gasteiger partial charge in [-0.25, -0.2) is 9.18 Å². The highest BCUT2D eigenvalue weighted by Gasteiger charge is 2.38. The number of rotatable bonds is 0. The zero-order valence-electron chi connectivity index (χ0n) is 8.81. The predicted molar refractivity (Wildman–Crippen MR) is 60.0 cm³/mol. The van der Waals surface area contributed by atoms with E-state index in [9.17, 15) is 17.6 Å². The lowest BCUT2D eigenvalue weighted by molar-refractivity contribution is -0.192. The van der Waals surface area contributed by atoms with Gasteiger partial charge >= 0.3 is 12.1 Å². The van der Waals surface area contributed by atoms with Crippen LogP contribution in [0.15, 0.2) is 16.6 Å². The number of anilines is 1. The molecule has 0 aromatic heterocycles. The van der Waals surface area contributed by atoms with E-state index >= 15 is 0 Å². The lowest BCUT2D eigenvalue weighted by Crippen LogP contribution is -2.21. The minimum absolute atomic E-state index is 0.196. The molecule has 2 N–H and O–H groups in total. The summed E-state index contributed by atoms with van der Waals surface area (Å²) >= 11 is 3.15. The van der Waals surface area contributed by atoms with Crippen LogP contribution in [0.2, 0.25) is 0 Å². The highest BCUT2D eigenvalue weighted by atomic mass is 79.9. The summed E-state index contributed by atoms with van der Waals surface area (Å²) in [4.78, 5) is 8.90. The molecular weight excluding hydrogens is 322 g/mol. The van der Waals surface area contributed by atoms with Crippen LogP contribution in [-0.2, 0) is 11.2 Å². The first-order valence-electron chi connectivity index (χ1n) is 4.73. The molecule has 0 amide bonds. The fourth-order valence-corrected chi connectivity index (χ4v) is 1.68. The fraction of sp³-hybridized carbons (Fsp3) is 0.300. The average Bonchev–Trinajstić information content (AvgIpc) is 2.65. The lowest BCUT2D eigenvalue weighted by atomic mass is 10.2. The average molecular weight is 330 g/mol. The van der Waals surface area contributed by atoms with E-state index in [0.29, 0.717) is 4.47 Å². The van der Waals surface area contributed by atoms with Crippen molar-refractivity contribution in [3.8, 4) is 0 Å². The fourth-order valence-electron chi connectivity index (χ4n) is 1.29. The van der Waals surface area contributed by atoms with Crippen LogP contribution in [0.4, 0.5) is 23.2 Å². The number of carboxylic acid groups (broad SMARTS) is 1. The maximum Gasteiger partial charge on any atom is 0.490 e. The van der Waals surface area contributed by atoms with E-state index in [-0.39, 0.29) is 5.82 Å². The van der Waals surface area contributed by atoms with Crippen LogP contribution in [0.1, 0.15) is 5.56 Å². The van der Waals surface area contributed by atoms with E-state index in [4.69, 9.17) is 9.90 Å². The first kappa shape index (κ1) is 14.7. The number of carboxylic acids is 1. The van der Waals surface area contributed by atoms with E-state index < -0.39 is 12.1 Å². The molecule has 0 atom stereocenters. The number of aliphatic carboxylic acids is 1. The molecule has 0 radical (unpaired) electrons. The summed E-state index contributed by atoms with van der Waals surface area (Å²) in [6.45, 7) is 0.922. The first-order valence-corrected chi connectivity index (χ1v) is 5.53. The van der Waals surface area contributed by atoms with Gasteiger partial charge in [0.2, 0.25) is 0 Å². The predicted octanol–water partition coefficient (Wildman–Crippen LogP) is 3.19. The summed E-state index contributed by atoms with van der Waals surface area (Å²) < 4.78 is 45.2. The Bertz CT molecular complexity index is 433. The molecule has 0 spiro atoms. The van der Waals surface area contributed by atoms with Crippen molar-refractivity contribution >= 4 is 27.6 Å². The Morgan fingerprint density at radius 3 is 2.44 bits per heavy atom. The van der Waals surface area contributed by atoms with Gasteiger partial charge in [-0.2, -0.15) is 13.2 Å². The molecule has 0 aliphatic carbocycles. The van der Waals surface area contributed by atoms with Crippen molar-refractivity contribution in [1.82, 2.24) is 0 Å². The van der Waals surface area contributed by atoms with E-state index in [1.54, 1.807) is 0 Å². The molecule has 0 bridgehead atoms. The highest BCUT2D eigenvalue weighted by Crippen LogP contribution is 2.27. The van der Waals surface area contributed by atoms with Gasteiger partial charge in [-0.3, -0.25) is 0 Å². The third-order valence-electron chi connectivity index (χ3n) is 2.10. The van der Waals surface area contributed by atoms with Crippen LogP contribution in [-0.4, -0.2) is 23.8 Å². The largest absolute Gasteiger partial charge is 0.490 e. The second kappa shape index (κ2) is 5.55. The van der Waals surface area contributed by atoms with Gasteiger partial charge < -0.3 is 10.4 Å². The molecule has 8 heteroatoms. The maximum atomic E-state index is 12.9. The Kier molecular flexibility index (Phi) is 4.55. The molecule has 0 saturated heterocycles. The summed E-state index contributed by atoms with van der Waals surface area (Å²) in [5.74, 6) is -2.95. The Balaban J connectivity index is 0.000000203. The quantitative estimate of drug-likeness (QED) is 0.719. The van der Waals surface area contributed by atoms with E-state index in [0.717, 1.165) is 18.7 Å². The van der Waals surface area contributed by atoms with Crippen molar-refractivity contribution in [3.63, 3.8) is 0 Å². The van der Waals surface area contributed by atoms with Gasteiger partial charge in [0.1, 0.15) is 5.82 Å². The number of carbonyl (C=O) groups is 1. The Morgan fingerprint density at radius 2 is 1.94 bits per heavy atom. The molecule has 0 saturated carbocycles. The summed E-state index contributed by atoms with van der Waals surface area (Å²) in [7, 11) is 0. The van der Waals surface area contributed by atoms with Crippen LogP contribution in [0.25, 0.3) is 0 Å². The van der Waals surface area contributed by atoms with Crippen molar-refractivity contribution in [2.45, 2.75) is 12.6 Å². The van der Waals surface area contributed by atoms with Gasteiger partial charge in [0.05, 0.1) is 4.47 Å². The normalized spacial score (nSPS) is 13.2. The maximum absolute atomic E-state index is 12.9. The van der Waals surface area contributed by atoms with Crippen LogP contribution < -0.4 is 5.32 Å². The van der Waals surface area contributed by atoms with Gasteiger partial charge in [-0.15, -0.1) is 0 Å². The summed E-state index contributed by atoms with van der Waals surface area (Å²) in [6.07, 6.45) is -4.09. The van der Waals surface area contributed by atoms with E-state index in [1.807, 2.05) is 6.07 Å². The van der Waals surface area contributed by atoms with Crippen LogP contribution >= 0.6 is 15.9 Å². The molecule has 18 heavy (non-hydrogen) atoms. The summed E-state index contributed by atoms with van der Waals surface area (Å²) in [5, 5.41) is 10.2. The Morgan fingerprint density at radius 1 is 1.39 bits per heavy atom. The number of nitrogens with one attached hydrogen (secondary N) is 1. The summed E-state index contributed by atoms with van der Waals surface area (Å²) in [5.41, 5.74) is 2.13. The molecule has 1 aliphatic rings. The zero-order chi connectivity index (χ0) is 13.9. The minimum atomic E-state index is -5.08. The number of halogens is 5. The number of alkyl halides is 3. The van der Waals surface area contributed by atoms with Gasteiger partial charge in [-0.05, 0) is 40.0 Å². The molecule has 3 nitrogen and oxygen atoms in total. The molecule has 2 rings (SSSR count). The van der Waals surface area contributed by atoms with Crippen molar-refractivity contribution in [2.24, 2.45) is 0 Å². The molecule has 1 aliphatic heterocycles. The van der Waals surface area contributed by atoms with Crippen molar-refractivity contribution in [1.29, 1.82) is 0 Å². The van der Waals surface area contributed by atoms with Gasteiger partial charge in [-0.1, -0.05) is 0 Å². The lowest BCUT2D eigenvalue weighted by Gasteiger charge is -2.00. The van der Waals surface area contributed by atoms with Crippen LogP contribution in [0.3, 0.4) is 0 Å². The van der Waals surface area contributed by atoms with Crippen molar-refractivity contribution in [2.75, 3.05) is 11.9 Å². The van der Waals surface area contributed by atoms with Crippen LogP contribution in [0, 0.1) is 5.82 Å². The molecule has 100 valence electrons. The zero-order valence-corrected chi connectivity index (χ0v) is 10.4. The number of hydrogen-bond acceptors (Lipinski definition) is 2. The molecule has 0 fully saturated rings. The molecule has 1 aromatic carbocycles. The monoisotopic (exact) mass is 329 g/mol. The Labute approximate surface area is 108 Å². The van der Waals surface area contributed by atoms with Crippen molar-refractivity contribution < 1.29 is 27.5 Å². The number of benzene rings is 1.